The number of hydrogen-bond acceptors (Lipinski definition) is 4. The lowest BCUT2D eigenvalue weighted by Gasteiger charge is -2.18. The molecule has 0 heterocycles. The van der Waals surface area contributed by atoms with Gasteiger partial charge in [0, 0.05) is 19.8 Å². The van der Waals surface area contributed by atoms with Gasteiger partial charge in [-0.05, 0) is 38.1 Å². The maximum absolute atomic E-state index is 11.7. The van der Waals surface area contributed by atoms with Gasteiger partial charge < -0.3 is 20.7 Å². The highest BCUT2D eigenvalue weighted by molar-refractivity contribution is 5.97. The Hall–Kier alpha value is -2.08. The van der Waals surface area contributed by atoms with Gasteiger partial charge >= 0.3 is 0 Å². The maximum Gasteiger partial charge on any atom is 0.259 e. The number of carbonyl (C=O) groups excluding carboxylic acids is 2. The third-order valence-corrected chi connectivity index (χ3v) is 2.56. The number of nitrogens with one attached hydrogen (secondary N) is 1. The molecule has 0 spiro atoms. The molecule has 0 atom stereocenters. The first kappa shape index (κ1) is 16.0. The highest BCUT2D eigenvalue weighted by atomic mass is 16.5. The topological polar surface area (TPSA) is 84.7 Å². The van der Waals surface area contributed by atoms with Crippen LogP contribution in [0, 0.1) is 0 Å². The number of hydrogen-bond donors (Lipinski definition) is 2. The fourth-order valence-electron chi connectivity index (χ4n) is 1.20. The standard InChI is InChI=1S/C14H21N3O3/c1-14(2,15)13(19)16-10-5-7-11(8-6-10)20-9-12(18)17(3)4/h5-8H,9,15H2,1-4H3,(H,16,19). The molecule has 0 bridgehead atoms. The van der Waals surface area contributed by atoms with Crippen LogP contribution < -0.4 is 15.8 Å². The number of likely N-dealkylation sites (N-methyl/N-ethyl adjacent to an activating group) is 1. The van der Waals surface area contributed by atoms with Gasteiger partial charge in [0.05, 0.1) is 5.54 Å². The third-order valence-electron chi connectivity index (χ3n) is 2.56. The predicted octanol–water partition coefficient (Wildman–Crippen LogP) is 0.829. The SMILES string of the molecule is CN(C)C(=O)COc1ccc(NC(=O)C(C)(C)N)cc1. The summed E-state index contributed by atoms with van der Waals surface area (Å²) in [5, 5.41) is 2.70. The number of anilines is 1. The van der Waals surface area contributed by atoms with Gasteiger partial charge in [-0.2, -0.15) is 0 Å². The Labute approximate surface area is 118 Å². The number of carbonyl (C=O) groups is 2. The average molecular weight is 279 g/mol. The first-order valence-corrected chi connectivity index (χ1v) is 6.23. The Morgan fingerprint density at radius 3 is 2.25 bits per heavy atom. The van der Waals surface area contributed by atoms with Crippen LogP contribution in [-0.4, -0.2) is 43.0 Å². The minimum absolute atomic E-state index is 0.0193. The van der Waals surface area contributed by atoms with Gasteiger partial charge in [-0.25, -0.2) is 0 Å². The monoisotopic (exact) mass is 279 g/mol. The second kappa shape index (κ2) is 6.38. The zero-order valence-corrected chi connectivity index (χ0v) is 12.3. The first-order chi connectivity index (χ1) is 9.20. The Bertz CT molecular complexity index is 475. The van der Waals surface area contributed by atoms with Crippen LogP contribution in [0.2, 0.25) is 0 Å². The van der Waals surface area contributed by atoms with Crippen molar-refractivity contribution in [3.63, 3.8) is 0 Å². The molecule has 1 aromatic carbocycles. The van der Waals surface area contributed by atoms with Crippen molar-refractivity contribution in [2.45, 2.75) is 19.4 Å². The molecule has 0 unspecified atom stereocenters. The molecule has 0 aliphatic rings. The highest BCUT2D eigenvalue weighted by Gasteiger charge is 2.21. The number of amides is 2. The van der Waals surface area contributed by atoms with E-state index in [9.17, 15) is 9.59 Å². The van der Waals surface area contributed by atoms with Gasteiger partial charge in [0.25, 0.3) is 5.91 Å². The second-order valence-electron chi connectivity index (χ2n) is 5.28. The number of rotatable bonds is 5. The molecule has 0 aliphatic heterocycles. The lowest BCUT2D eigenvalue weighted by molar-refractivity contribution is -0.130. The van der Waals surface area contributed by atoms with Crippen LogP contribution in [0.4, 0.5) is 5.69 Å². The fraction of sp³-hybridized carbons (Fsp3) is 0.429. The second-order valence-corrected chi connectivity index (χ2v) is 5.28. The summed E-state index contributed by atoms with van der Waals surface area (Å²) in [6.07, 6.45) is 0. The zero-order chi connectivity index (χ0) is 15.3. The molecule has 6 nitrogen and oxygen atoms in total. The van der Waals surface area contributed by atoms with Crippen molar-refractivity contribution in [3.8, 4) is 5.75 Å². The van der Waals surface area contributed by atoms with E-state index in [0.717, 1.165) is 0 Å². The van der Waals surface area contributed by atoms with Gasteiger partial charge in [0.1, 0.15) is 5.75 Å². The van der Waals surface area contributed by atoms with E-state index in [0.29, 0.717) is 11.4 Å². The Kier molecular flexibility index (Phi) is 5.10. The van der Waals surface area contributed by atoms with Crippen LogP contribution in [0.5, 0.6) is 5.75 Å². The zero-order valence-electron chi connectivity index (χ0n) is 12.3. The van der Waals surface area contributed by atoms with Crippen LogP contribution in [0.3, 0.4) is 0 Å². The molecular formula is C14H21N3O3. The Balaban J connectivity index is 2.57. The molecule has 0 aliphatic carbocycles. The van der Waals surface area contributed by atoms with E-state index in [4.69, 9.17) is 10.5 Å². The largest absolute Gasteiger partial charge is 0.484 e. The lowest BCUT2D eigenvalue weighted by Crippen LogP contribution is -2.45. The molecule has 0 aromatic heterocycles. The molecule has 0 saturated carbocycles. The molecule has 110 valence electrons. The summed E-state index contributed by atoms with van der Waals surface area (Å²) >= 11 is 0. The summed E-state index contributed by atoms with van der Waals surface area (Å²) in [6.45, 7) is 3.24. The third kappa shape index (κ3) is 4.89. The summed E-state index contributed by atoms with van der Waals surface area (Å²) in [5.41, 5.74) is 5.37. The molecule has 2 amide bonds. The molecular weight excluding hydrogens is 258 g/mol. The average Bonchev–Trinajstić information content (AvgIpc) is 2.36. The van der Waals surface area contributed by atoms with Gasteiger partial charge in [-0.15, -0.1) is 0 Å². The van der Waals surface area contributed by atoms with Gasteiger partial charge in [-0.1, -0.05) is 0 Å². The molecule has 20 heavy (non-hydrogen) atoms. The van der Waals surface area contributed by atoms with Crippen molar-refractivity contribution < 1.29 is 14.3 Å². The smallest absolute Gasteiger partial charge is 0.259 e. The van der Waals surface area contributed by atoms with Crippen LogP contribution >= 0.6 is 0 Å². The van der Waals surface area contributed by atoms with E-state index in [1.807, 2.05) is 0 Å². The van der Waals surface area contributed by atoms with Crippen molar-refractivity contribution in [1.29, 1.82) is 0 Å². The molecule has 6 heteroatoms. The van der Waals surface area contributed by atoms with Crippen molar-refractivity contribution in [1.82, 2.24) is 4.90 Å². The molecule has 0 saturated heterocycles. The molecule has 1 rings (SSSR count). The number of benzene rings is 1. The summed E-state index contributed by atoms with van der Waals surface area (Å²) in [5.74, 6) is 0.173. The van der Waals surface area contributed by atoms with E-state index in [-0.39, 0.29) is 18.4 Å². The Morgan fingerprint density at radius 2 is 1.80 bits per heavy atom. The van der Waals surface area contributed by atoms with Crippen LogP contribution in [0.25, 0.3) is 0 Å². The van der Waals surface area contributed by atoms with Crippen molar-refractivity contribution in [2.75, 3.05) is 26.0 Å². The maximum atomic E-state index is 11.7. The predicted molar refractivity (Wildman–Crippen MR) is 77.5 cm³/mol. The van der Waals surface area contributed by atoms with E-state index in [1.54, 1.807) is 52.2 Å². The summed E-state index contributed by atoms with van der Waals surface area (Å²) in [6, 6.07) is 6.75. The van der Waals surface area contributed by atoms with Crippen LogP contribution in [0.15, 0.2) is 24.3 Å². The van der Waals surface area contributed by atoms with Crippen LogP contribution in [0.1, 0.15) is 13.8 Å². The van der Waals surface area contributed by atoms with Crippen molar-refractivity contribution in [2.24, 2.45) is 5.73 Å². The minimum atomic E-state index is -0.937. The van der Waals surface area contributed by atoms with E-state index < -0.39 is 5.54 Å². The summed E-state index contributed by atoms with van der Waals surface area (Å²) in [4.78, 5) is 24.5. The molecule has 3 N–H and O–H groups in total. The first-order valence-electron chi connectivity index (χ1n) is 6.23. The Morgan fingerprint density at radius 1 is 1.25 bits per heavy atom. The molecule has 1 aromatic rings. The number of nitrogens with zero attached hydrogens (tertiary/aromatic N) is 1. The van der Waals surface area contributed by atoms with Gasteiger partial charge in [0.15, 0.2) is 6.61 Å². The molecule has 0 fully saturated rings. The minimum Gasteiger partial charge on any atom is -0.484 e. The van der Waals surface area contributed by atoms with Gasteiger partial charge in [0.2, 0.25) is 5.91 Å². The lowest BCUT2D eigenvalue weighted by atomic mass is 10.1. The number of ether oxygens (including phenoxy) is 1. The summed E-state index contributed by atoms with van der Waals surface area (Å²) < 4.78 is 5.33. The molecule has 0 radical (unpaired) electrons. The van der Waals surface area contributed by atoms with Crippen molar-refractivity contribution in [3.05, 3.63) is 24.3 Å². The van der Waals surface area contributed by atoms with E-state index in [1.165, 1.54) is 4.90 Å². The summed E-state index contributed by atoms with van der Waals surface area (Å²) in [7, 11) is 3.33. The van der Waals surface area contributed by atoms with Gasteiger partial charge in [-0.3, -0.25) is 9.59 Å². The fourth-order valence-corrected chi connectivity index (χ4v) is 1.20. The van der Waals surface area contributed by atoms with Crippen LogP contribution in [-0.2, 0) is 9.59 Å². The van der Waals surface area contributed by atoms with E-state index >= 15 is 0 Å². The normalized spacial score (nSPS) is 10.8. The number of nitrogens with two attached hydrogens (primary N) is 1. The quantitative estimate of drug-likeness (QED) is 0.836. The van der Waals surface area contributed by atoms with E-state index in [2.05, 4.69) is 5.32 Å². The highest BCUT2D eigenvalue weighted by Crippen LogP contribution is 2.16. The van der Waals surface area contributed by atoms with Crippen molar-refractivity contribution >= 4 is 17.5 Å².